The van der Waals surface area contributed by atoms with Gasteiger partial charge in [0.15, 0.2) is 0 Å². The van der Waals surface area contributed by atoms with E-state index in [1.54, 1.807) is 0 Å². The summed E-state index contributed by atoms with van der Waals surface area (Å²) in [7, 11) is 0. The van der Waals surface area contributed by atoms with Gasteiger partial charge in [-0.2, -0.15) is 13.2 Å². The molecule has 1 aliphatic heterocycles. The fourth-order valence-corrected chi connectivity index (χ4v) is 2.91. The second kappa shape index (κ2) is 7.13. The van der Waals surface area contributed by atoms with Gasteiger partial charge in [-0.1, -0.05) is 26.7 Å². The van der Waals surface area contributed by atoms with Gasteiger partial charge in [-0.05, 0) is 12.8 Å². The summed E-state index contributed by atoms with van der Waals surface area (Å²) in [5, 5.41) is 8.95. The molecule has 1 aliphatic rings. The van der Waals surface area contributed by atoms with Crippen molar-refractivity contribution in [2.45, 2.75) is 45.7 Å². The zero-order valence-electron chi connectivity index (χ0n) is 12.3. The van der Waals surface area contributed by atoms with Crippen molar-refractivity contribution in [2.75, 3.05) is 13.1 Å². The van der Waals surface area contributed by atoms with E-state index in [1.807, 2.05) is 13.8 Å². The van der Waals surface area contributed by atoms with Crippen molar-refractivity contribution in [3.63, 3.8) is 0 Å². The highest BCUT2D eigenvalue weighted by molar-refractivity contribution is 5.81. The van der Waals surface area contributed by atoms with Gasteiger partial charge in [0.2, 0.25) is 5.91 Å². The first-order valence-electron chi connectivity index (χ1n) is 7.30. The highest BCUT2D eigenvalue weighted by Gasteiger charge is 2.53. The summed E-state index contributed by atoms with van der Waals surface area (Å²) in [6, 6.07) is 0. The Morgan fingerprint density at radius 2 is 1.71 bits per heavy atom. The molecule has 1 amide bonds. The van der Waals surface area contributed by atoms with E-state index in [9.17, 15) is 22.8 Å². The van der Waals surface area contributed by atoms with Crippen LogP contribution in [0, 0.1) is 17.8 Å². The molecule has 122 valence electrons. The van der Waals surface area contributed by atoms with E-state index in [0.29, 0.717) is 12.8 Å². The van der Waals surface area contributed by atoms with E-state index in [0.717, 1.165) is 17.7 Å². The van der Waals surface area contributed by atoms with Gasteiger partial charge >= 0.3 is 12.1 Å². The molecule has 0 aromatic carbocycles. The molecule has 2 atom stereocenters. The van der Waals surface area contributed by atoms with E-state index in [2.05, 4.69) is 0 Å². The minimum atomic E-state index is -4.59. The molecular formula is C14H22F3NO3. The number of carbonyl (C=O) groups is 2. The maximum absolute atomic E-state index is 12.9. The number of rotatable bonds is 6. The summed E-state index contributed by atoms with van der Waals surface area (Å²) in [4.78, 5) is 24.4. The fraction of sp³-hybridized carbons (Fsp3) is 0.857. The van der Waals surface area contributed by atoms with Crippen molar-refractivity contribution < 1.29 is 27.9 Å². The molecule has 0 aliphatic carbocycles. The standard InChI is InChI=1S/C14H22F3NO3/c1-3-5-9(6-4-2)12(19)18-7-10(13(20)21)11(8-18)14(15,16)17/h9-11H,3-8H2,1-2H3,(H,20,21)/t10-,11-/m1/s1. The third kappa shape index (κ3) is 4.35. The fourth-order valence-electron chi connectivity index (χ4n) is 2.91. The van der Waals surface area contributed by atoms with Crippen LogP contribution in [0.25, 0.3) is 0 Å². The van der Waals surface area contributed by atoms with E-state index in [-0.39, 0.29) is 18.4 Å². The number of likely N-dealkylation sites (tertiary alicyclic amines) is 1. The maximum atomic E-state index is 12.9. The van der Waals surface area contributed by atoms with Gasteiger partial charge in [-0.3, -0.25) is 9.59 Å². The molecule has 7 heteroatoms. The average Bonchev–Trinajstić information content (AvgIpc) is 2.82. The third-order valence-electron chi connectivity index (χ3n) is 3.99. The summed E-state index contributed by atoms with van der Waals surface area (Å²) in [5.41, 5.74) is 0. The van der Waals surface area contributed by atoms with Crippen molar-refractivity contribution in [2.24, 2.45) is 17.8 Å². The van der Waals surface area contributed by atoms with Gasteiger partial charge in [0.25, 0.3) is 0 Å². The number of carboxylic acid groups (broad SMARTS) is 1. The van der Waals surface area contributed by atoms with Gasteiger partial charge in [0, 0.05) is 19.0 Å². The predicted molar refractivity (Wildman–Crippen MR) is 70.6 cm³/mol. The van der Waals surface area contributed by atoms with Crippen LogP contribution in [0.3, 0.4) is 0 Å². The van der Waals surface area contributed by atoms with Crippen LogP contribution in [0.15, 0.2) is 0 Å². The van der Waals surface area contributed by atoms with Crippen molar-refractivity contribution in [1.29, 1.82) is 0 Å². The molecule has 4 nitrogen and oxygen atoms in total. The van der Waals surface area contributed by atoms with Gasteiger partial charge in [0.1, 0.15) is 0 Å². The molecule has 1 saturated heterocycles. The van der Waals surface area contributed by atoms with Crippen LogP contribution in [0.1, 0.15) is 39.5 Å². The minimum absolute atomic E-state index is 0.304. The Hall–Kier alpha value is -1.27. The first kappa shape index (κ1) is 17.8. The third-order valence-corrected chi connectivity index (χ3v) is 3.99. The number of carboxylic acids is 1. The van der Waals surface area contributed by atoms with Crippen LogP contribution in [-0.2, 0) is 9.59 Å². The summed E-state index contributed by atoms with van der Waals surface area (Å²) in [6.45, 7) is 2.95. The lowest BCUT2D eigenvalue weighted by Crippen LogP contribution is -2.36. The van der Waals surface area contributed by atoms with Crippen molar-refractivity contribution in [1.82, 2.24) is 4.90 Å². The van der Waals surface area contributed by atoms with E-state index < -0.39 is 30.5 Å². The van der Waals surface area contributed by atoms with Crippen LogP contribution in [0.4, 0.5) is 13.2 Å². The van der Waals surface area contributed by atoms with Crippen molar-refractivity contribution in [3.8, 4) is 0 Å². The lowest BCUT2D eigenvalue weighted by atomic mass is 9.96. The molecule has 21 heavy (non-hydrogen) atoms. The predicted octanol–water partition coefficient (Wildman–Crippen LogP) is 2.92. The van der Waals surface area contributed by atoms with E-state index in [1.165, 1.54) is 0 Å². The summed E-state index contributed by atoms with van der Waals surface area (Å²) in [5.74, 6) is -5.66. The number of halogens is 3. The van der Waals surface area contributed by atoms with Crippen LogP contribution in [-0.4, -0.2) is 41.1 Å². The summed E-state index contributed by atoms with van der Waals surface area (Å²) < 4.78 is 38.7. The quantitative estimate of drug-likeness (QED) is 0.820. The first-order chi connectivity index (χ1) is 9.72. The summed E-state index contributed by atoms with van der Waals surface area (Å²) >= 11 is 0. The van der Waals surface area contributed by atoms with Crippen molar-refractivity contribution >= 4 is 11.9 Å². The number of hydrogen-bond acceptors (Lipinski definition) is 2. The largest absolute Gasteiger partial charge is 0.481 e. The molecule has 0 bridgehead atoms. The molecule has 1 rings (SSSR count). The van der Waals surface area contributed by atoms with Gasteiger partial charge in [-0.25, -0.2) is 0 Å². The number of aliphatic carboxylic acids is 1. The molecule has 0 radical (unpaired) electrons. The van der Waals surface area contributed by atoms with Crippen LogP contribution in [0.2, 0.25) is 0 Å². The molecule has 0 aromatic rings. The zero-order valence-corrected chi connectivity index (χ0v) is 12.3. The summed E-state index contributed by atoms with van der Waals surface area (Å²) in [6.07, 6.45) is -1.80. The minimum Gasteiger partial charge on any atom is -0.481 e. The second-order valence-corrected chi connectivity index (χ2v) is 5.61. The Morgan fingerprint density at radius 3 is 2.05 bits per heavy atom. The lowest BCUT2D eigenvalue weighted by Gasteiger charge is -2.23. The van der Waals surface area contributed by atoms with E-state index >= 15 is 0 Å². The number of hydrogen-bond donors (Lipinski definition) is 1. The molecule has 0 saturated carbocycles. The maximum Gasteiger partial charge on any atom is 0.394 e. The molecule has 1 N–H and O–H groups in total. The highest BCUT2D eigenvalue weighted by atomic mass is 19.4. The van der Waals surface area contributed by atoms with Gasteiger partial charge in [0.05, 0.1) is 11.8 Å². The molecule has 0 spiro atoms. The van der Waals surface area contributed by atoms with Crippen molar-refractivity contribution in [3.05, 3.63) is 0 Å². The Balaban J connectivity index is 2.85. The monoisotopic (exact) mass is 309 g/mol. The second-order valence-electron chi connectivity index (χ2n) is 5.61. The van der Waals surface area contributed by atoms with Crippen LogP contribution >= 0.6 is 0 Å². The first-order valence-corrected chi connectivity index (χ1v) is 7.30. The molecular weight excluding hydrogens is 287 g/mol. The van der Waals surface area contributed by atoms with Gasteiger partial charge < -0.3 is 10.0 Å². The normalized spacial score (nSPS) is 22.9. The Bertz CT molecular complexity index is 378. The number of alkyl halides is 3. The average molecular weight is 309 g/mol. The number of nitrogens with zero attached hydrogens (tertiary/aromatic N) is 1. The van der Waals surface area contributed by atoms with E-state index in [4.69, 9.17) is 5.11 Å². The SMILES string of the molecule is CCCC(CCC)C(=O)N1C[C@@H](C(F)(F)F)[C@H](C(=O)O)C1. The molecule has 0 aromatic heterocycles. The lowest BCUT2D eigenvalue weighted by molar-refractivity contribution is -0.188. The Kier molecular flexibility index (Phi) is 6.04. The topological polar surface area (TPSA) is 57.6 Å². The molecule has 1 heterocycles. The van der Waals surface area contributed by atoms with Gasteiger partial charge in [-0.15, -0.1) is 0 Å². The Morgan fingerprint density at radius 1 is 1.19 bits per heavy atom. The zero-order chi connectivity index (χ0) is 16.2. The highest BCUT2D eigenvalue weighted by Crippen LogP contribution is 2.38. The smallest absolute Gasteiger partial charge is 0.394 e. The van der Waals surface area contributed by atoms with Crippen LogP contribution in [0.5, 0.6) is 0 Å². The van der Waals surface area contributed by atoms with Crippen LogP contribution < -0.4 is 0 Å². The molecule has 0 unspecified atom stereocenters. The number of carbonyl (C=O) groups excluding carboxylic acids is 1. The number of amides is 1. The Labute approximate surface area is 122 Å². The molecule has 1 fully saturated rings.